The Balaban J connectivity index is 1.93. The minimum Gasteiger partial charge on any atom is -0.467 e. The fourth-order valence-electron chi connectivity index (χ4n) is 2.51. The number of carbonyl (C=O) groups is 3. The van der Waals surface area contributed by atoms with E-state index >= 15 is 0 Å². The van der Waals surface area contributed by atoms with E-state index in [2.05, 4.69) is 15.4 Å². The molecule has 0 spiro atoms. The van der Waals surface area contributed by atoms with Crippen LogP contribution in [0, 0.1) is 0 Å². The Morgan fingerprint density at radius 1 is 0.966 bits per heavy atom. The van der Waals surface area contributed by atoms with Gasteiger partial charge in [0.1, 0.15) is 6.04 Å². The smallest absolute Gasteiger partial charge is 0.328 e. The van der Waals surface area contributed by atoms with E-state index in [1.165, 1.54) is 12.1 Å². The predicted octanol–water partition coefficient (Wildman–Crippen LogP) is 0.938. The van der Waals surface area contributed by atoms with Crippen LogP contribution in [-0.2, 0) is 24.2 Å². The molecule has 0 aliphatic rings. The summed E-state index contributed by atoms with van der Waals surface area (Å²) in [5.74, 6) is -2.20. The summed E-state index contributed by atoms with van der Waals surface area (Å²) < 4.78 is 29.4. The molecule has 0 aromatic heterocycles. The summed E-state index contributed by atoms with van der Waals surface area (Å²) in [6, 6.07) is 15.0. The minimum absolute atomic E-state index is 0.130. The van der Waals surface area contributed by atoms with E-state index in [9.17, 15) is 22.8 Å². The van der Waals surface area contributed by atoms with E-state index in [-0.39, 0.29) is 23.6 Å². The van der Waals surface area contributed by atoms with Gasteiger partial charge in [-0.05, 0) is 30.7 Å². The van der Waals surface area contributed by atoms with Gasteiger partial charge in [-0.15, -0.1) is 0 Å². The molecule has 2 N–H and O–H groups in total. The second-order valence-electron chi connectivity index (χ2n) is 6.11. The largest absolute Gasteiger partial charge is 0.467 e. The number of amides is 2. The number of carbonyl (C=O) groups excluding carboxylic acids is 3. The molecule has 0 fully saturated rings. The summed E-state index contributed by atoms with van der Waals surface area (Å²) in [5, 5.41) is 4.84. The molecule has 2 aromatic carbocycles. The molecule has 154 valence electrons. The van der Waals surface area contributed by atoms with Gasteiger partial charge in [0.2, 0.25) is 5.91 Å². The van der Waals surface area contributed by atoms with Crippen molar-refractivity contribution in [2.75, 3.05) is 19.4 Å². The van der Waals surface area contributed by atoms with E-state index in [0.29, 0.717) is 5.56 Å². The summed E-state index contributed by atoms with van der Waals surface area (Å²) in [6.45, 7) is -0.368. The number of benzene rings is 2. The minimum atomic E-state index is -3.62. The molecule has 0 unspecified atom stereocenters. The molecule has 2 rings (SSSR count). The number of ether oxygens (including phenoxy) is 1. The third-order valence-corrected chi connectivity index (χ3v) is 5.81. The Bertz CT molecular complexity index is 945. The third-order valence-electron chi connectivity index (χ3n) is 4.04. The highest BCUT2D eigenvalue weighted by atomic mass is 32.2. The summed E-state index contributed by atoms with van der Waals surface area (Å²) in [5.41, 5.74) is 0.388. The van der Waals surface area contributed by atoms with Gasteiger partial charge in [0.05, 0.1) is 24.3 Å². The molecule has 29 heavy (non-hydrogen) atoms. The van der Waals surface area contributed by atoms with Gasteiger partial charge < -0.3 is 15.4 Å². The third kappa shape index (κ3) is 6.72. The number of nitrogens with one attached hydrogen (secondary N) is 2. The second kappa shape index (κ2) is 10.4. The Morgan fingerprint density at radius 3 is 2.14 bits per heavy atom. The fraction of sp³-hybridized carbons (Fsp3) is 0.250. The lowest BCUT2D eigenvalue weighted by molar-refractivity contribution is -0.145. The van der Waals surface area contributed by atoms with Gasteiger partial charge in [0.15, 0.2) is 9.84 Å². The standard InChI is InChI=1S/C20H22N2O6S/c1-28-20(25)17(12-13-29(26,27)16-10-6-3-7-11-16)22-18(23)14-21-19(24)15-8-4-2-5-9-15/h2-11,17H,12-14H2,1H3,(H,21,24)(H,22,23)/t17-/m1/s1. The average molecular weight is 418 g/mol. The highest BCUT2D eigenvalue weighted by Crippen LogP contribution is 2.12. The first kappa shape index (κ1) is 22.1. The van der Waals surface area contributed by atoms with Crippen LogP contribution in [0.3, 0.4) is 0 Å². The lowest BCUT2D eigenvalue weighted by atomic mass is 10.2. The topological polar surface area (TPSA) is 119 Å². The van der Waals surface area contributed by atoms with Crippen molar-refractivity contribution in [1.29, 1.82) is 0 Å². The number of sulfone groups is 1. The van der Waals surface area contributed by atoms with Crippen molar-refractivity contribution in [3.63, 3.8) is 0 Å². The summed E-state index contributed by atoms with van der Waals surface area (Å²) in [6.07, 6.45) is -0.164. The van der Waals surface area contributed by atoms with Gasteiger partial charge in [-0.3, -0.25) is 9.59 Å². The number of esters is 1. The summed E-state index contributed by atoms with van der Waals surface area (Å²) in [7, 11) is -2.48. The van der Waals surface area contributed by atoms with Crippen molar-refractivity contribution >= 4 is 27.6 Å². The molecule has 2 aromatic rings. The molecular weight excluding hydrogens is 396 g/mol. The SMILES string of the molecule is COC(=O)[C@@H](CCS(=O)(=O)c1ccccc1)NC(=O)CNC(=O)c1ccccc1. The van der Waals surface area contributed by atoms with Gasteiger partial charge in [0, 0.05) is 5.56 Å². The summed E-state index contributed by atoms with van der Waals surface area (Å²) >= 11 is 0. The van der Waals surface area contributed by atoms with E-state index in [4.69, 9.17) is 0 Å². The predicted molar refractivity (Wildman–Crippen MR) is 106 cm³/mol. The van der Waals surface area contributed by atoms with E-state index < -0.39 is 33.7 Å². The molecule has 0 aliphatic carbocycles. The fourth-order valence-corrected chi connectivity index (χ4v) is 3.86. The first-order chi connectivity index (χ1) is 13.8. The van der Waals surface area contributed by atoms with Crippen molar-refractivity contribution in [1.82, 2.24) is 10.6 Å². The number of methoxy groups -OCH3 is 1. The number of hydrogen-bond donors (Lipinski definition) is 2. The van der Waals surface area contributed by atoms with E-state index in [0.717, 1.165) is 7.11 Å². The molecule has 9 heteroatoms. The molecule has 0 heterocycles. The van der Waals surface area contributed by atoms with Gasteiger partial charge >= 0.3 is 5.97 Å². The molecule has 1 atom stereocenters. The number of rotatable bonds is 9. The van der Waals surface area contributed by atoms with Crippen LogP contribution in [0.25, 0.3) is 0 Å². The van der Waals surface area contributed by atoms with Crippen molar-refractivity contribution in [3.05, 3.63) is 66.2 Å². The highest BCUT2D eigenvalue weighted by Gasteiger charge is 2.25. The second-order valence-corrected chi connectivity index (χ2v) is 8.22. The Hall–Kier alpha value is -3.20. The lowest BCUT2D eigenvalue weighted by Gasteiger charge is -2.17. The van der Waals surface area contributed by atoms with Gasteiger partial charge in [0.25, 0.3) is 5.91 Å². The maximum absolute atomic E-state index is 12.4. The monoisotopic (exact) mass is 418 g/mol. The quantitative estimate of drug-likeness (QED) is 0.585. The Labute approximate surface area is 169 Å². The highest BCUT2D eigenvalue weighted by molar-refractivity contribution is 7.91. The molecular formula is C20H22N2O6S. The maximum atomic E-state index is 12.4. The average Bonchev–Trinajstić information content (AvgIpc) is 2.75. The lowest BCUT2D eigenvalue weighted by Crippen LogP contribution is -2.46. The maximum Gasteiger partial charge on any atom is 0.328 e. The Kier molecular flexibility index (Phi) is 7.90. The molecule has 0 bridgehead atoms. The van der Waals surface area contributed by atoms with Crippen LogP contribution in [0.4, 0.5) is 0 Å². The Morgan fingerprint density at radius 2 is 1.55 bits per heavy atom. The molecule has 0 aliphatic heterocycles. The first-order valence-corrected chi connectivity index (χ1v) is 10.5. The van der Waals surface area contributed by atoms with Crippen LogP contribution in [0.1, 0.15) is 16.8 Å². The molecule has 8 nitrogen and oxygen atoms in total. The zero-order valence-electron chi connectivity index (χ0n) is 15.8. The zero-order valence-corrected chi connectivity index (χ0v) is 16.6. The van der Waals surface area contributed by atoms with Crippen molar-refractivity contribution in [3.8, 4) is 0 Å². The van der Waals surface area contributed by atoms with E-state index in [1.54, 1.807) is 48.5 Å². The normalized spacial score (nSPS) is 11.9. The van der Waals surface area contributed by atoms with Crippen LogP contribution in [0.5, 0.6) is 0 Å². The van der Waals surface area contributed by atoms with Gasteiger partial charge in [-0.2, -0.15) is 0 Å². The molecule has 0 saturated heterocycles. The van der Waals surface area contributed by atoms with Crippen LogP contribution in [0.15, 0.2) is 65.6 Å². The van der Waals surface area contributed by atoms with Crippen LogP contribution in [0.2, 0.25) is 0 Å². The van der Waals surface area contributed by atoms with Crippen molar-refractivity contribution in [2.24, 2.45) is 0 Å². The zero-order chi connectivity index (χ0) is 21.3. The van der Waals surface area contributed by atoms with Crippen LogP contribution < -0.4 is 10.6 Å². The van der Waals surface area contributed by atoms with Gasteiger partial charge in [-0.25, -0.2) is 13.2 Å². The summed E-state index contributed by atoms with van der Waals surface area (Å²) in [4.78, 5) is 36.2. The van der Waals surface area contributed by atoms with E-state index in [1.807, 2.05) is 0 Å². The van der Waals surface area contributed by atoms with Crippen molar-refractivity contribution < 1.29 is 27.5 Å². The van der Waals surface area contributed by atoms with Gasteiger partial charge in [-0.1, -0.05) is 36.4 Å². The first-order valence-electron chi connectivity index (χ1n) is 8.81. The van der Waals surface area contributed by atoms with Crippen LogP contribution >= 0.6 is 0 Å². The molecule has 0 radical (unpaired) electrons. The van der Waals surface area contributed by atoms with Crippen molar-refractivity contribution in [2.45, 2.75) is 17.4 Å². The molecule has 0 saturated carbocycles. The van der Waals surface area contributed by atoms with Crippen LogP contribution in [-0.4, -0.2) is 51.7 Å². The number of hydrogen-bond acceptors (Lipinski definition) is 6. The molecule has 2 amide bonds.